The number of nitrogen functional groups attached to an aromatic ring is 2. The van der Waals surface area contributed by atoms with Crippen LogP contribution in [0.4, 0.5) is 11.4 Å². The number of methoxy groups -OCH3 is 1. The summed E-state index contributed by atoms with van der Waals surface area (Å²) in [6, 6.07) is 9.50. The first-order valence-electron chi connectivity index (χ1n) is 4.34. The Balaban J connectivity index is 2.86. The summed E-state index contributed by atoms with van der Waals surface area (Å²) >= 11 is 0. The van der Waals surface area contributed by atoms with Crippen molar-refractivity contribution in [2.75, 3.05) is 18.6 Å². The van der Waals surface area contributed by atoms with Crippen molar-refractivity contribution in [3.05, 3.63) is 30.3 Å². The molecule has 0 saturated heterocycles. The summed E-state index contributed by atoms with van der Waals surface area (Å²) < 4.78 is 5.13. The molecule has 0 radical (unpaired) electrons. The Kier molecular flexibility index (Phi) is 1.93. The number of nitrogens with two attached hydrogens (primary N) is 2. The van der Waals surface area contributed by atoms with E-state index in [1.54, 1.807) is 7.11 Å². The Morgan fingerprint density at radius 1 is 1.07 bits per heavy atom. The average molecular weight is 188 g/mol. The average Bonchev–Trinajstić information content (AvgIpc) is 2.18. The maximum Gasteiger partial charge on any atom is 0.142 e. The molecule has 0 aliphatic rings. The van der Waals surface area contributed by atoms with Crippen LogP contribution < -0.4 is 16.2 Å². The Morgan fingerprint density at radius 2 is 1.86 bits per heavy atom. The highest BCUT2D eigenvalue weighted by Crippen LogP contribution is 2.33. The Morgan fingerprint density at radius 3 is 2.57 bits per heavy atom. The first-order chi connectivity index (χ1) is 6.74. The van der Waals surface area contributed by atoms with Gasteiger partial charge >= 0.3 is 0 Å². The maximum absolute atomic E-state index is 5.93. The van der Waals surface area contributed by atoms with Crippen LogP contribution in [0.5, 0.6) is 5.75 Å². The summed E-state index contributed by atoms with van der Waals surface area (Å²) in [5.74, 6) is 0.662. The molecule has 72 valence electrons. The van der Waals surface area contributed by atoms with E-state index in [0.29, 0.717) is 17.1 Å². The topological polar surface area (TPSA) is 61.3 Å². The van der Waals surface area contributed by atoms with E-state index in [-0.39, 0.29) is 0 Å². The van der Waals surface area contributed by atoms with Crippen LogP contribution in [0.1, 0.15) is 0 Å². The number of hydrogen-bond donors (Lipinski definition) is 2. The standard InChI is InChI=1S/C11H12N2O/c1-14-9-6-5-7-3-2-4-8(12)10(7)11(9)13/h2-6H,12-13H2,1H3. The van der Waals surface area contributed by atoms with Crippen molar-refractivity contribution in [1.82, 2.24) is 0 Å². The minimum Gasteiger partial charge on any atom is -0.495 e. The minimum atomic E-state index is 0.600. The monoisotopic (exact) mass is 188 g/mol. The molecule has 0 spiro atoms. The normalized spacial score (nSPS) is 10.4. The summed E-state index contributed by atoms with van der Waals surface area (Å²) in [5, 5.41) is 1.90. The summed E-state index contributed by atoms with van der Waals surface area (Å²) in [6.45, 7) is 0. The van der Waals surface area contributed by atoms with Gasteiger partial charge in [0.25, 0.3) is 0 Å². The lowest BCUT2D eigenvalue weighted by molar-refractivity contribution is 0.417. The number of benzene rings is 2. The van der Waals surface area contributed by atoms with Crippen molar-refractivity contribution in [3.8, 4) is 5.75 Å². The lowest BCUT2D eigenvalue weighted by Gasteiger charge is -2.09. The molecule has 3 heteroatoms. The third-order valence-corrected chi connectivity index (χ3v) is 2.30. The predicted molar refractivity (Wildman–Crippen MR) is 59.3 cm³/mol. The molecule has 0 heterocycles. The van der Waals surface area contributed by atoms with Gasteiger partial charge in [0.1, 0.15) is 5.75 Å². The van der Waals surface area contributed by atoms with E-state index in [2.05, 4.69) is 0 Å². The van der Waals surface area contributed by atoms with Gasteiger partial charge in [0.15, 0.2) is 0 Å². The van der Waals surface area contributed by atoms with E-state index in [9.17, 15) is 0 Å². The maximum atomic E-state index is 5.93. The van der Waals surface area contributed by atoms with E-state index in [4.69, 9.17) is 16.2 Å². The van der Waals surface area contributed by atoms with Gasteiger partial charge < -0.3 is 16.2 Å². The number of anilines is 2. The molecular weight excluding hydrogens is 176 g/mol. The second-order valence-electron chi connectivity index (χ2n) is 3.13. The van der Waals surface area contributed by atoms with E-state index < -0.39 is 0 Å². The first kappa shape index (κ1) is 8.69. The van der Waals surface area contributed by atoms with E-state index in [1.165, 1.54) is 0 Å². The van der Waals surface area contributed by atoms with Gasteiger partial charge in [0.05, 0.1) is 12.8 Å². The molecule has 14 heavy (non-hydrogen) atoms. The van der Waals surface area contributed by atoms with Gasteiger partial charge in [-0.2, -0.15) is 0 Å². The first-order valence-corrected chi connectivity index (χ1v) is 4.34. The molecule has 0 bridgehead atoms. The molecule has 0 aliphatic heterocycles. The molecule has 0 saturated carbocycles. The lowest BCUT2D eigenvalue weighted by Crippen LogP contribution is -1.96. The molecular formula is C11H12N2O. The molecule has 3 nitrogen and oxygen atoms in total. The van der Waals surface area contributed by atoms with Crippen molar-refractivity contribution in [2.24, 2.45) is 0 Å². The molecule has 0 amide bonds. The third kappa shape index (κ3) is 1.14. The zero-order valence-corrected chi connectivity index (χ0v) is 7.95. The summed E-state index contributed by atoms with van der Waals surface area (Å²) in [5.41, 5.74) is 13.1. The zero-order chi connectivity index (χ0) is 10.1. The molecule has 0 atom stereocenters. The molecule has 0 unspecified atom stereocenters. The van der Waals surface area contributed by atoms with Gasteiger partial charge in [0, 0.05) is 11.1 Å². The summed E-state index contributed by atoms with van der Waals surface area (Å²) in [6.07, 6.45) is 0. The fourth-order valence-electron chi connectivity index (χ4n) is 1.60. The van der Waals surface area contributed by atoms with Crippen molar-refractivity contribution in [1.29, 1.82) is 0 Å². The van der Waals surface area contributed by atoms with Gasteiger partial charge in [-0.3, -0.25) is 0 Å². The molecule has 0 fully saturated rings. The van der Waals surface area contributed by atoms with Crippen molar-refractivity contribution < 1.29 is 4.74 Å². The van der Waals surface area contributed by atoms with E-state index >= 15 is 0 Å². The van der Waals surface area contributed by atoms with Gasteiger partial charge in [-0.1, -0.05) is 18.2 Å². The zero-order valence-electron chi connectivity index (χ0n) is 7.95. The van der Waals surface area contributed by atoms with Crippen LogP contribution in [0.3, 0.4) is 0 Å². The second kappa shape index (κ2) is 3.10. The van der Waals surface area contributed by atoms with Gasteiger partial charge in [0.2, 0.25) is 0 Å². The molecule has 2 aromatic rings. The van der Waals surface area contributed by atoms with Crippen LogP contribution in [-0.2, 0) is 0 Å². The van der Waals surface area contributed by atoms with Gasteiger partial charge in [-0.25, -0.2) is 0 Å². The summed E-state index contributed by atoms with van der Waals surface area (Å²) in [4.78, 5) is 0. The SMILES string of the molecule is COc1ccc2cccc(N)c2c1N. The fourth-order valence-corrected chi connectivity index (χ4v) is 1.60. The summed E-state index contributed by atoms with van der Waals surface area (Å²) in [7, 11) is 1.59. The quantitative estimate of drug-likeness (QED) is 0.673. The Bertz CT molecular complexity index is 480. The highest BCUT2D eigenvalue weighted by molar-refractivity contribution is 6.03. The molecule has 2 aromatic carbocycles. The van der Waals surface area contributed by atoms with Crippen molar-refractivity contribution in [3.63, 3.8) is 0 Å². The van der Waals surface area contributed by atoms with Crippen molar-refractivity contribution in [2.45, 2.75) is 0 Å². The minimum absolute atomic E-state index is 0.600. The molecule has 0 aliphatic carbocycles. The molecule has 2 rings (SSSR count). The van der Waals surface area contributed by atoms with Crippen molar-refractivity contribution >= 4 is 22.1 Å². The van der Waals surface area contributed by atoms with Crippen LogP contribution >= 0.6 is 0 Å². The number of rotatable bonds is 1. The Hall–Kier alpha value is -1.90. The predicted octanol–water partition coefficient (Wildman–Crippen LogP) is 2.01. The fraction of sp³-hybridized carbons (Fsp3) is 0.0909. The second-order valence-corrected chi connectivity index (χ2v) is 3.13. The molecule has 0 aromatic heterocycles. The highest BCUT2D eigenvalue weighted by atomic mass is 16.5. The van der Waals surface area contributed by atoms with E-state index in [1.807, 2.05) is 30.3 Å². The molecule has 4 N–H and O–H groups in total. The van der Waals surface area contributed by atoms with Crippen LogP contribution in [0.2, 0.25) is 0 Å². The van der Waals surface area contributed by atoms with Gasteiger partial charge in [-0.05, 0) is 17.5 Å². The Labute approximate surface area is 82.3 Å². The third-order valence-electron chi connectivity index (χ3n) is 2.30. The van der Waals surface area contributed by atoms with Crippen LogP contribution in [-0.4, -0.2) is 7.11 Å². The number of hydrogen-bond acceptors (Lipinski definition) is 3. The van der Waals surface area contributed by atoms with Crippen LogP contribution in [0.15, 0.2) is 30.3 Å². The highest BCUT2D eigenvalue weighted by Gasteiger charge is 2.06. The smallest absolute Gasteiger partial charge is 0.142 e. The van der Waals surface area contributed by atoms with Crippen LogP contribution in [0, 0.1) is 0 Å². The number of ether oxygens (including phenoxy) is 1. The van der Waals surface area contributed by atoms with Crippen LogP contribution in [0.25, 0.3) is 10.8 Å². The largest absolute Gasteiger partial charge is 0.495 e. The number of fused-ring (bicyclic) bond motifs is 1. The van der Waals surface area contributed by atoms with E-state index in [0.717, 1.165) is 10.8 Å². The lowest BCUT2D eigenvalue weighted by atomic mass is 10.1. The van der Waals surface area contributed by atoms with Gasteiger partial charge in [-0.15, -0.1) is 0 Å².